The number of nitrogens with one attached hydrogen (secondary N) is 1. The molecule has 1 fully saturated rings. The molecule has 1 saturated carbocycles. The van der Waals surface area contributed by atoms with Gasteiger partial charge in [0.2, 0.25) is 11.8 Å². The highest BCUT2D eigenvalue weighted by molar-refractivity contribution is 5.89. The third kappa shape index (κ3) is 5.99. The van der Waals surface area contributed by atoms with Crippen LogP contribution in [-0.2, 0) is 16.1 Å². The van der Waals surface area contributed by atoms with Crippen molar-refractivity contribution in [2.24, 2.45) is 0 Å². The second kappa shape index (κ2) is 11.8. The molecule has 0 radical (unpaired) electrons. The minimum Gasteiger partial charge on any atom is -0.497 e. The highest BCUT2D eigenvalue weighted by atomic mass is 16.5. The number of fused-ring (bicyclic) bond motifs is 1. The highest BCUT2D eigenvalue weighted by Crippen LogP contribution is 2.27. The number of hydrogen-bond acceptors (Lipinski definition) is 5. The maximum Gasteiger partial charge on any atom is 0.247 e. The van der Waals surface area contributed by atoms with Crippen molar-refractivity contribution in [3.63, 3.8) is 0 Å². The smallest absolute Gasteiger partial charge is 0.247 e. The third-order valence-electron chi connectivity index (χ3n) is 6.70. The van der Waals surface area contributed by atoms with Gasteiger partial charge in [-0.1, -0.05) is 62.1 Å². The van der Waals surface area contributed by atoms with Gasteiger partial charge in [0.15, 0.2) is 0 Å². The van der Waals surface area contributed by atoms with Crippen LogP contribution in [-0.4, -0.2) is 51.4 Å². The van der Waals surface area contributed by atoms with Gasteiger partial charge < -0.3 is 15.0 Å². The van der Waals surface area contributed by atoms with Gasteiger partial charge in [-0.2, -0.15) is 0 Å². The molecule has 2 amide bonds. The summed E-state index contributed by atoms with van der Waals surface area (Å²) in [6.07, 6.45) is 7.10. The Hall–Kier alpha value is -3.42. The number of benzene rings is 2. The number of aromatic nitrogens is 3. The largest absolute Gasteiger partial charge is 0.497 e. The first kappa shape index (κ1) is 24.7. The summed E-state index contributed by atoms with van der Waals surface area (Å²) in [7, 11) is 1.60. The minimum absolute atomic E-state index is 0.0153. The van der Waals surface area contributed by atoms with Crippen LogP contribution in [0.1, 0.15) is 63.5 Å². The molecule has 1 unspecified atom stereocenters. The van der Waals surface area contributed by atoms with Crippen molar-refractivity contribution < 1.29 is 14.3 Å². The summed E-state index contributed by atoms with van der Waals surface area (Å²) in [6.45, 7) is 2.57. The zero-order valence-electron chi connectivity index (χ0n) is 20.7. The van der Waals surface area contributed by atoms with E-state index in [9.17, 15) is 9.59 Å². The summed E-state index contributed by atoms with van der Waals surface area (Å²) in [5.74, 6) is 0.349. The predicted molar refractivity (Wildman–Crippen MR) is 135 cm³/mol. The summed E-state index contributed by atoms with van der Waals surface area (Å²) in [5, 5.41) is 11.6. The maximum absolute atomic E-state index is 13.8. The molecular formula is C27H35N5O3. The number of amides is 2. The van der Waals surface area contributed by atoms with Gasteiger partial charge in [-0.05, 0) is 49.1 Å². The molecule has 1 heterocycles. The monoisotopic (exact) mass is 477 g/mol. The Bertz CT molecular complexity index is 1140. The Morgan fingerprint density at radius 1 is 1.14 bits per heavy atom. The van der Waals surface area contributed by atoms with Crippen LogP contribution in [0.2, 0.25) is 0 Å². The highest BCUT2D eigenvalue weighted by Gasteiger charge is 2.33. The second-order valence-electron chi connectivity index (χ2n) is 9.20. The van der Waals surface area contributed by atoms with Crippen molar-refractivity contribution in [2.45, 2.75) is 70.5 Å². The minimum atomic E-state index is -0.749. The summed E-state index contributed by atoms with van der Waals surface area (Å²) in [5.41, 5.74) is 2.27. The number of ether oxygens (including phenoxy) is 1. The van der Waals surface area contributed by atoms with E-state index in [2.05, 4.69) is 22.6 Å². The number of unbranched alkanes of at least 4 members (excludes halogenated alkanes) is 1. The zero-order valence-corrected chi connectivity index (χ0v) is 20.7. The Morgan fingerprint density at radius 2 is 1.94 bits per heavy atom. The number of para-hydroxylation sites is 1. The van der Waals surface area contributed by atoms with E-state index in [4.69, 9.17) is 4.74 Å². The molecule has 0 bridgehead atoms. The van der Waals surface area contributed by atoms with E-state index in [1.165, 1.54) is 6.42 Å². The van der Waals surface area contributed by atoms with E-state index >= 15 is 0 Å². The van der Waals surface area contributed by atoms with E-state index in [0.717, 1.165) is 55.1 Å². The molecule has 8 nitrogen and oxygen atoms in total. The van der Waals surface area contributed by atoms with Gasteiger partial charge in [0.25, 0.3) is 0 Å². The van der Waals surface area contributed by atoms with Crippen LogP contribution in [0.5, 0.6) is 5.75 Å². The van der Waals surface area contributed by atoms with Gasteiger partial charge in [-0.15, -0.1) is 5.10 Å². The van der Waals surface area contributed by atoms with Gasteiger partial charge in [0.1, 0.15) is 23.9 Å². The number of hydrogen-bond donors (Lipinski definition) is 1. The summed E-state index contributed by atoms with van der Waals surface area (Å²) in [4.78, 5) is 29.2. The first-order chi connectivity index (χ1) is 17.1. The molecule has 4 rings (SSSR count). The van der Waals surface area contributed by atoms with E-state index in [1.54, 1.807) is 16.7 Å². The first-order valence-electron chi connectivity index (χ1n) is 12.6. The third-order valence-corrected chi connectivity index (χ3v) is 6.70. The van der Waals surface area contributed by atoms with Crippen LogP contribution < -0.4 is 10.1 Å². The number of nitrogens with zero attached hydrogens (tertiary/aromatic N) is 4. The van der Waals surface area contributed by atoms with Gasteiger partial charge >= 0.3 is 0 Å². The first-order valence-corrected chi connectivity index (χ1v) is 12.6. The van der Waals surface area contributed by atoms with Crippen molar-refractivity contribution >= 4 is 22.8 Å². The summed E-state index contributed by atoms with van der Waals surface area (Å²) >= 11 is 0. The van der Waals surface area contributed by atoms with Crippen molar-refractivity contribution in [2.75, 3.05) is 13.7 Å². The molecule has 1 N–H and O–H groups in total. The van der Waals surface area contributed by atoms with Crippen molar-refractivity contribution in [3.8, 4) is 5.75 Å². The van der Waals surface area contributed by atoms with Gasteiger partial charge in [0, 0.05) is 12.6 Å². The molecular weight excluding hydrogens is 442 g/mol. The van der Waals surface area contributed by atoms with Gasteiger partial charge in [-0.25, -0.2) is 4.68 Å². The van der Waals surface area contributed by atoms with Gasteiger partial charge in [-0.3, -0.25) is 9.59 Å². The van der Waals surface area contributed by atoms with Crippen LogP contribution >= 0.6 is 0 Å². The van der Waals surface area contributed by atoms with Crippen LogP contribution in [0, 0.1) is 0 Å². The van der Waals surface area contributed by atoms with Crippen LogP contribution in [0.25, 0.3) is 11.0 Å². The molecule has 35 heavy (non-hydrogen) atoms. The van der Waals surface area contributed by atoms with Crippen LogP contribution in [0.4, 0.5) is 0 Å². The Morgan fingerprint density at radius 3 is 2.71 bits per heavy atom. The second-order valence-corrected chi connectivity index (χ2v) is 9.20. The van der Waals surface area contributed by atoms with Gasteiger partial charge in [0.05, 0.1) is 12.6 Å². The molecule has 3 aromatic rings. The molecule has 1 aliphatic rings. The number of rotatable bonds is 10. The molecule has 0 spiro atoms. The van der Waals surface area contributed by atoms with E-state index in [1.807, 2.05) is 48.5 Å². The predicted octanol–water partition coefficient (Wildman–Crippen LogP) is 4.26. The van der Waals surface area contributed by atoms with E-state index in [0.29, 0.717) is 12.3 Å². The van der Waals surface area contributed by atoms with Crippen molar-refractivity contribution in [3.05, 3.63) is 54.1 Å². The maximum atomic E-state index is 13.8. The fraction of sp³-hybridized carbons (Fsp3) is 0.481. The Balaban J connectivity index is 1.66. The molecule has 1 aliphatic carbocycles. The fourth-order valence-corrected chi connectivity index (χ4v) is 4.79. The van der Waals surface area contributed by atoms with Crippen LogP contribution in [0.15, 0.2) is 48.5 Å². The van der Waals surface area contributed by atoms with E-state index < -0.39 is 6.04 Å². The topological polar surface area (TPSA) is 89.4 Å². The van der Waals surface area contributed by atoms with Crippen LogP contribution in [0.3, 0.4) is 0 Å². The van der Waals surface area contributed by atoms with E-state index in [-0.39, 0.29) is 24.4 Å². The number of methoxy groups -OCH3 is 1. The lowest BCUT2D eigenvalue weighted by Gasteiger charge is -2.33. The molecule has 0 saturated heterocycles. The average Bonchev–Trinajstić information content (AvgIpc) is 3.29. The fourth-order valence-electron chi connectivity index (χ4n) is 4.79. The lowest BCUT2D eigenvalue weighted by atomic mass is 9.94. The standard InChI is InChI=1S/C27H35N5O3/c1-3-4-17-31(25(33)19-32-24-16-9-8-15-23(24)29-30-32)26(20-11-10-14-22(18-20)35-2)27(34)28-21-12-6-5-7-13-21/h8-11,14-16,18,21,26H,3-7,12-13,17,19H2,1-2H3,(H,28,34). The zero-order chi connectivity index (χ0) is 24.6. The molecule has 8 heteroatoms. The molecule has 1 atom stereocenters. The average molecular weight is 478 g/mol. The Kier molecular flexibility index (Phi) is 8.34. The summed E-state index contributed by atoms with van der Waals surface area (Å²) in [6, 6.07) is 14.4. The summed E-state index contributed by atoms with van der Waals surface area (Å²) < 4.78 is 7.04. The quantitative estimate of drug-likeness (QED) is 0.471. The lowest BCUT2D eigenvalue weighted by molar-refractivity contribution is -0.142. The lowest BCUT2D eigenvalue weighted by Crippen LogP contribution is -2.48. The molecule has 0 aliphatic heterocycles. The van der Waals surface area contributed by atoms with Crippen molar-refractivity contribution in [1.29, 1.82) is 0 Å². The van der Waals surface area contributed by atoms with Crippen molar-refractivity contribution in [1.82, 2.24) is 25.2 Å². The molecule has 2 aromatic carbocycles. The number of carbonyl (C=O) groups is 2. The Labute approximate surface area is 206 Å². The number of carbonyl (C=O) groups excluding carboxylic acids is 2. The SMILES string of the molecule is CCCCN(C(=O)Cn1nnc2ccccc21)C(C(=O)NC1CCCCC1)c1cccc(OC)c1. The molecule has 1 aromatic heterocycles. The normalized spacial score (nSPS) is 15.0. The molecule has 186 valence electrons.